The van der Waals surface area contributed by atoms with Crippen molar-refractivity contribution in [3.8, 4) is 5.75 Å². The quantitative estimate of drug-likeness (QED) is 0.463. The van der Waals surface area contributed by atoms with E-state index in [-0.39, 0.29) is 11.4 Å². The number of rotatable bonds is 9. The van der Waals surface area contributed by atoms with E-state index >= 15 is 0 Å². The van der Waals surface area contributed by atoms with E-state index in [1.807, 2.05) is 23.9 Å². The van der Waals surface area contributed by atoms with Gasteiger partial charge in [-0.15, -0.1) is 11.8 Å². The van der Waals surface area contributed by atoms with E-state index in [9.17, 15) is 4.79 Å². The zero-order valence-corrected chi connectivity index (χ0v) is 19.2. The van der Waals surface area contributed by atoms with E-state index in [2.05, 4.69) is 78.6 Å². The number of carboxylic acid groups (broad SMARTS) is 1. The standard InChI is InChI=1S/C27H29NO3S/c1-27(21-10-4-2-5-11-21,22-12-6-3-7-13-22)32-19-18-28-17-9-14-23-24(28)15-8-16-25(23)31-20-26(29)30/h2-8,10-13,15-16H,9,14,17-20H2,1H3,(H,29,30). The summed E-state index contributed by atoms with van der Waals surface area (Å²) >= 11 is 1.97. The fourth-order valence-corrected chi connectivity index (χ4v) is 5.71. The number of thioether (sulfide) groups is 1. The molecule has 32 heavy (non-hydrogen) atoms. The highest BCUT2D eigenvalue weighted by molar-refractivity contribution is 8.00. The van der Waals surface area contributed by atoms with Gasteiger partial charge in [-0.05, 0) is 43.0 Å². The molecule has 1 aliphatic heterocycles. The van der Waals surface area contributed by atoms with Gasteiger partial charge in [-0.1, -0.05) is 66.7 Å². The van der Waals surface area contributed by atoms with Crippen molar-refractivity contribution in [3.05, 3.63) is 95.6 Å². The molecular formula is C27H29NO3S. The van der Waals surface area contributed by atoms with Crippen LogP contribution in [0.15, 0.2) is 78.9 Å². The van der Waals surface area contributed by atoms with Gasteiger partial charge in [0.05, 0.1) is 4.75 Å². The molecule has 3 aromatic rings. The lowest BCUT2D eigenvalue weighted by molar-refractivity contribution is -0.139. The topological polar surface area (TPSA) is 49.8 Å². The summed E-state index contributed by atoms with van der Waals surface area (Å²) in [6.45, 7) is 3.93. The van der Waals surface area contributed by atoms with Gasteiger partial charge in [0.2, 0.25) is 0 Å². The van der Waals surface area contributed by atoms with Crippen LogP contribution in [-0.4, -0.2) is 36.5 Å². The Balaban J connectivity index is 1.50. The Hall–Kier alpha value is -2.92. The van der Waals surface area contributed by atoms with Crippen molar-refractivity contribution in [2.24, 2.45) is 0 Å². The summed E-state index contributed by atoms with van der Waals surface area (Å²) in [5.41, 5.74) is 4.90. The Morgan fingerprint density at radius 3 is 2.28 bits per heavy atom. The van der Waals surface area contributed by atoms with Gasteiger partial charge in [0.25, 0.3) is 0 Å². The largest absolute Gasteiger partial charge is 0.482 e. The van der Waals surface area contributed by atoms with Crippen molar-refractivity contribution in [2.45, 2.75) is 24.5 Å². The maximum Gasteiger partial charge on any atom is 0.341 e. The van der Waals surface area contributed by atoms with Gasteiger partial charge in [0, 0.05) is 30.1 Å². The van der Waals surface area contributed by atoms with Crippen molar-refractivity contribution in [1.29, 1.82) is 0 Å². The summed E-state index contributed by atoms with van der Waals surface area (Å²) < 4.78 is 5.43. The lowest BCUT2D eigenvalue weighted by Gasteiger charge is -2.35. The minimum Gasteiger partial charge on any atom is -0.482 e. The summed E-state index contributed by atoms with van der Waals surface area (Å²) in [6.07, 6.45) is 1.96. The number of hydrogen-bond acceptors (Lipinski definition) is 4. The summed E-state index contributed by atoms with van der Waals surface area (Å²) in [5.74, 6) is 0.716. The molecule has 0 fully saturated rings. The molecule has 0 amide bonds. The molecule has 0 saturated heterocycles. The molecule has 4 rings (SSSR count). The summed E-state index contributed by atoms with van der Waals surface area (Å²) in [6, 6.07) is 27.4. The number of nitrogens with zero attached hydrogens (tertiary/aromatic N) is 1. The molecule has 1 aliphatic rings. The zero-order valence-electron chi connectivity index (χ0n) is 18.4. The maximum absolute atomic E-state index is 10.9. The van der Waals surface area contributed by atoms with Crippen LogP contribution in [0.1, 0.15) is 30.0 Å². The number of ether oxygens (including phenoxy) is 1. The number of carboxylic acids is 1. The second-order valence-electron chi connectivity index (χ2n) is 8.14. The monoisotopic (exact) mass is 447 g/mol. The first-order chi connectivity index (χ1) is 15.6. The van der Waals surface area contributed by atoms with E-state index in [0.717, 1.165) is 37.2 Å². The molecule has 0 aromatic heterocycles. The van der Waals surface area contributed by atoms with E-state index < -0.39 is 5.97 Å². The van der Waals surface area contributed by atoms with Crippen LogP contribution in [0.5, 0.6) is 5.75 Å². The van der Waals surface area contributed by atoms with Crippen LogP contribution in [-0.2, 0) is 16.0 Å². The lowest BCUT2D eigenvalue weighted by Crippen LogP contribution is -2.33. The fourth-order valence-electron chi connectivity index (χ4n) is 4.38. The van der Waals surface area contributed by atoms with Gasteiger partial charge in [0.15, 0.2) is 6.61 Å². The van der Waals surface area contributed by atoms with Crippen molar-refractivity contribution in [3.63, 3.8) is 0 Å². The highest BCUT2D eigenvalue weighted by Crippen LogP contribution is 2.43. The minimum atomic E-state index is -0.951. The Labute approximate surface area is 194 Å². The number of aliphatic carboxylic acids is 1. The number of carbonyl (C=O) groups is 1. The molecule has 0 spiro atoms. The van der Waals surface area contributed by atoms with E-state index in [0.29, 0.717) is 5.75 Å². The van der Waals surface area contributed by atoms with E-state index in [1.54, 1.807) is 0 Å². The third-order valence-electron chi connectivity index (χ3n) is 6.06. The molecule has 1 N–H and O–H groups in total. The average molecular weight is 448 g/mol. The maximum atomic E-state index is 10.9. The number of fused-ring (bicyclic) bond motifs is 1. The van der Waals surface area contributed by atoms with Crippen LogP contribution >= 0.6 is 11.8 Å². The molecule has 0 radical (unpaired) electrons. The van der Waals surface area contributed by atoms with Gasteiger partial charge < -0.3 is 14.7 Å². The highest BCUT2D eigenvalue weighted by Gasteiger charge is 2.30. The van der Waals surface area contributed by atoms with Crippen LogP contribution in [0.25, 0.3) is 0 Å². The highest BCUT2D eigenvalue weighted by atomic mass is 32.2. The molecule has 0 atom stereocenters. The summed E-state index contributed by atoms with van der Waals surface area (Å²) in [7, 11) is 0. The van der Waals surface area contributed by atoms with Crippen molar-refractivity contribution in [2.75, 3.05) is 30.3 Å². The molecule has 4 nitrogen and oxygen atoms in total. The second kappa shape index (κ2) is 10.1. The van der Waals surface area contributed by atoms with Gasteiger partial charge in [0.1, 0.15) is 5.75 Å². The molecule has 166 valence electrons. The Bertz CT molecular complexity index is 1000. The van der Waals surface area contributed by atoms with Gasteiger partial charge in [-0.25, -0.2) is 4.79 Å². The SMILES string of the molecule is CC(SCCN1CCCc2c(OCC(=O)O)cccc21)(c1ccccc1)c1ccccc1. The number of anilines is 1. The first kappa shape index (κ1) is 22.3. The van der Waals surface area contributed by atoms with Crippen LogP contribution < -0.4 is 9.64 Å². The first-order valence-corrected chi connectivity index (χ1v) is 12.0. The molecular weight excluding hydrogens is 418 g/mol. The summed E-state index contributed by atoms with van der Waals surface area (Å²) in [5, 5.41) is 8.97. The fraction of sp³-hybridized carbons (Fsp3) is 0.296. The van der Waals surface area contributed by atoms with Crippen molar-refractivity contribution in [1.82, 2.24) is 0 Å². The average Bonchev–Trinajstić information content (AvgIpc) is 2.84. The first-order valence-electron chi connectivity index (χ1n) is 11.0. The predicted molar refractivity (Wildman–Crippen MR) is 132 cm³/mol. The summed E-state index contributed by atoms with van der Waals surface area (Å²) in [4.78, 5) is 13.3. The normalized spacial score (nSPS) is 13.5. The second-order valence-corrected chi connectivity index (χ2v) is 9.65. The molecule has 0 saturated carbocycles. The third kappa shape index (κ3) is 4.94. The van der Waals surface area contributed by atoms with Crippen LogP contribution in [0.3, 0.4) is 0 Å². The molecule has 1 heterocycles. The molecule has 0 aliphatic carbocycles. The smallest absolute Gasteiger partial charge is 0.341 e. The van der Waals surface area contributed by atoms with Crippen LogP contribution in [0.2, 0.25) is 0 Å². The minimum absolute atomic E-state index is 0.131. The third-order valence-corrected chi connectivity index (χ3v) is 7.49. The van der Waals surface area contributed by atoms with Gasteiger partial charge >= 0.3 is 5.97 Å². The van der Waals surface area contributed by atoms with Gasteiger partial charge in [-0.3, -0.25) is 0 Å². The number of hydrogen-bond donors (Lipinski definition) is 1. The zero-order chi connectivity index (χ0) is 22.4. The molecule has 0 unspecified atom stereocenters. The Morgan fingerprint density at radius 2 is 1.66 bits per heavy atom. The van der Waals surface area contributed by atoms with Crippen molar-refractivity contribution < 1.29 is 14.6 Å². The van der Waals surface area contributed by atoms with Gasteiger partial charge in [-0.2, -0.15) is 0 Å². The molecule has 3 aromatic carbocycles. The Kier molecular flexibility index (Phi) is 7.05. The predicted octanol–water partition coefficient (Wildman–Crippen LogP) is 5.60. The van der Waals surface area contributed by atoms with E-state index in [1.165, 1.54) is 16.8 Å². The van der Waals surface area contributed by atoms with Crippen LogP contribution in [0.4, 0.5) is 5.69 Å². The number of benzene rings is 3. The van der Waals surface area contributed by atoms with Crippen LogP contribution in [0, 0.1) is 0 Å². The Morgan fingerprint density at radius 1 is 1.00 bits per heavy atom. The van der Waals surface area contributed by atoms with E-state index in [4.69, 9.17) is 9.84 Å². The lowest BCUT2D eigenvalue weighted by atomic mass is 9.92. The molecule has 0 bridgehead atoms. The van der Waals surface area contributed by atoms with Crippen molar-refractivity contribution >= 4 is 23.4 Å². The molecule has 5 heteroatoms.